The molecule has 2 aromatic rings. The molecule has 0 aliphatic heterocycles. The van der Waals surface area contributed by atoms with Gasteiger partial charge in [0.1, 0.15) is 11.6 Å². The van der Waals surface area contributed by atoms with Crippen molar-refractivity contribution >= 4 is 21.7 Å². The molecule has 0 saturated heterocycles. The van der Waals surface area contributed by atoms with Crippen molar-refractivity contribution in [2.45, 2.75) is 19.8 Å². The lowest BCUT2D eigenvalue weighted by molar-refractivity contribution is 0.416. The van der Waals surface area contributed by atoms with Crippen molar-refractivity contribution in [3.63, 3.8) is 0 Å². The molecule has 0 spiro atoms. The Morgan fingerprint density at radius 3 is 2.55 bits per heavy atom. The van der Waals surface area contributed by atoms with E-state index in [-0.39, 0.29) is 0 Å². The number of methoxy groups -OCH3 is 1. The Kier molecular flexibility index (Phi) is 4.60. The largest absolute Gasteiger partial charge is 0.496 e. The number of anilines is 1. The fraction of sp³-hybridized carbons (Fsp3) is 0.333. The number of nitrogens with zero attached hydrogens (tertiary/aromatic N) is 2. The van der Waals surface area contributed by atoms with Crippen molar-refractivity contribution in [2.24, 2.45) is 0 Å². The Hall–Kier alpha value is -1.62. The van der Waals surface area contributed by atoms with Crippen LogP contribution in [0.4, 0.5) is 5.82 Å². The summed E-state index contributed by atoms with van der Waals surface area (Å²) < 4.78 is 6.38. The van der Waals surface area contributed by atoms with Gasteiger partial charge in [0.25, 0.3) is 0 Å². The molecule has 20 heavy (non-hydrogen) atoms. The summed E-state index contributed by atoms with van der Waals surface area (Å²) in [6.07, 6.45) is 0. The van der Waals surface area contributed by atoms with Gasteiger partial charge >= 0.3 is 0 Å². The van der Waals surface area contributed by atoms with Crippen LogP contribution < -0.4 is 10.1 Å². The zero-order valence-corrected chi connectivity index (χ0v) is 13.7. The number of rotatable bonds is 4. The zero-order valence-electron chi connectivity index (χ0n) is 12.1. The average Bonchev–Trinajstić information content (AvgIpc) is 2.46. The molecule has 1 heterocycles. The number of nitrogens with one attached hydrogen (secondary N) is 1. The molecule has 5 heteroatoms. The van der Waals surface area contributed by atoms with Gasteiger partial charge in [0.15, 0.2) is 5.82 Å². The van der Waals surface area contributed by atoms with Crippen LogP contribution in [0.15, 0.2) is 28.7 Å². The standard InChI is InChI=1S/C15H18BrN3O/c1-9(2)12-8-14(17-3)19-15(18-12)11-7-10(16)5-6-13(11)20-4/h5-9H,1-4H3,(H,17,18,19). The first-order valence-electron chi connectivity index (χ1n) is 6.45. The second kappa shape index (κ2) is 6.22. The van der Waals surface area contributed by atoms with Gasteiger partial charge in [0, 0.05) is 23.3 Å². The third kappa shape index (κ3) is 3.10. The van der Waals surface area contributed by atoms with Crippen LogP contribution >= 0.6 is 15.9 Å². The minimum atomic E-state index is 0.335. The molecule has 1 aromatic carbocycles. The molecular formula is C15H18BrN3O. The van der Waals surface area contributed by atoms with Gasteiger partial charge in [-0.3, -0.25) is 0 Å². The highest BCUT2D eigenvalue weighted by Crippen LogP contribution is 2.32. The molecule has 0 amide bonds. The Balaban J connectivity index is 2.62. The van der Waals surface area contributed by atoms with E-state index in [1.165, 1.54) is 0 Å². The number of hydrogen-bond acceptors (Lipinski definition) is 4. The first kappa shape index (κ1) is 14.8. The lowest BCUT2D eigenvalue weighted by Gasteiger charge is -2.12. The van der Waals surface area contributed by atoms with Crippen LogP contribution in [-0.2, 0) is 0 Å². The Labute approximate surface area is 127 Å². The van der Waals surface area contributed by atoms with Gasteiger partial charge in [-0.25, -0.2) is 9.97 Å². The normalized spacial score (nSPS) is 10.7. The topological polar surface area (TPSA) is 47.0 Å². The van der Waals surface area contributed by atoms with E-state index in [2.05, 4.69) is 45.1 Å². The summed E-state index contributed by atoms with van der Waals surface area (Å²) in [7, 11) is 3.51. The average molecular weight is 336 g/mol. The Morgan fingerprint density at radius 1 is 1.20 bits per heavy atom. The maximum absolute atomic E-state index is 5.41. The van der Waals surface area contributed by atoms with Crippen LogP contribution in [0.1, 0.15) is 25.5 Å². The molecule has 0 unspecified atom stereocenters. The number of benzene rings is 1. The van der Waals surface area contributed by atoms with E-state index in [1.54, 1.807) is 7.11 Å². The SMILES string of the molecule is CNc1cc(C(C)C)nc(-c2cc(Br)ccc2OC)n1. The summed E-state index contributed by atoms with van der Waals surface area (Å²) in [5.74, 6) is 2.57. The number of aromatic nitrogens is 2. The lowest BCUT2D eigenvalue weighted by atomic mass is 10.1. The van der Waals surface area contributed by atoms with Gasteiger partial charge in [-0.05, 0) is 24.1 Å². The third-order valence-electron chi connectivity index (χ3n) is 3.00. The quantitative estimate of drug-likeness (QED) is 0.914. The predicted octanol–water partition coefficient (Wildman–Crippen LogP) is 4.08. The van der Waals surface area contributed by atoms with Crippen molar-refractivity contribution in [3.05, 3.63) is 34.4 Å². The van der Waals surface area contributed by atoms with Gasteiger partial charge in [-0.1, -0.05) is 29.8 Å². The van der Waals surface area contributed by atoms with E-state index in [0.29, 0.717) is 11.7 Å². The fourth-order valence-corrected chi connectivity index (χ4v) is 2.23. The van der Waals surface area contributed by atoms with Crippen LogP contribution in [0, 0.1) is 0 Å². The van der Waals surface area contributed by atoms with Crippen molar-refractivity contribution in [1.82, 2.24) is 9.97 Å². The second-order valence-corrected chi connectivity index (χ2v) is 5.67. The monoisotopic (exact) mass is 335 g/mol. The summed E-state index contributed by atoms with van der Waals surface area (Å²) in [5.41, 5.74) is 1.88. The van der Waals surface area contributed by atoms with Crippen LogP contribution in [0.25, 0.3) is 11.4 Å². The predicted molar refractivity (Wildman–Crippen MR) is 85.4 cm³/mol. The van der Waals surface area contributed by atoms with E-state index in [4.69, 9.17) is 4.74 Å². The first-order chi connectivity index (χ1) is 9.55. The van der Waals surface area contributed by atoms with Gasteiger partial charge in [-0.2, -0.15) is 0 Å². The first-order valence-corrected chi connectivity index (χ1v) is 7.25. The number of ether oxygens (including phenoxy) is 1. The van der Waals surface area contributed by atoms with Crippen LogP contribution in [0.3, 0.4) is 0 Å². The molecule has 0 aliphatic rings. The highest BCUT2D eigenvalue weighted by Gasteiger charge is 2.13. The highest BCUT2D eigenvalue weighted by atomic mass is 79.9. The zero-order chi connectivity index (χ0) is 14.7. The minimum absolute atomic E-state index is 0.335. The maximum atomic E-state index is 5.41. The molecule has 1 N–H and O–H groups in total. The van der Waals surface area contributed by atoms with E-state index >= 15 is 0 Å². The van der Waals surface area contributed by atoms with Gasteiger partial charge in [-0.15, -0.1) is 0 Å². The van der Waals surface area contributed by atoms with Gasteiger partial charge in [0.2, 0.25) is 0 Å². The maximum Gasteiger partial charge on any atom is 0.165 e. The van der Waals surface area contributed by atoms with E-state index < -0.39 is 0 Å². The number of halogens is 1. The third-order valence-corrected chi connectivity index (χ3v) is 3.49. The van der Waals surface area contributed by atoms with Gasteiger partial charge < -0.3 is 10.1 Å². The molecule has 1 aromatic heterocycles. The molecule has 106 valence electrons. The molecule has 0 radical (unpaired) electrons. The van der Waals surface area contributed by atoms with Crippen molar-refractivity contribution in [1.29, 1.82) is 0 Å². The van der Waals surface area contributed by atoms with E-state index in [9.17, 15) is 0 Å². The Morgan fingerprint density at radius 2 is 1.95 bits per heavy atom. The van der Waals surface area contributed by atoms with Gasteiger partial charge in [0.05, 0.1) is 12.7 Å². The van der Waals surface area contributed by atoms with Crippen LogP contribution in [-0.4, -0.2) is 24.1 Å². The summed E-state index contributed by atoms with van der Waals surface area (Å²) in [6, 6.07) is 7.79. The molecule has 0 bridgehead atoms. The highest BCUT2D eigenvalue weighted by molar-refractivity contribution is 9.10. The van der Waals surface area contributed by atoms with Crippen molar-refractivity contribution in [2.75, 3.05) is 19.5 Å². The molecule has 0 atom stereocenters. The van der Waals surface area contributed by atoms with Crippen molar-refractivity contribution in [3.8, 4) is 17.1 Å². The van der Waals surface area contributed by atoms with E-state index in [1.807, 2.05) is 31.3 Å². The van der Waals surface area contributed by atoms with Crippen LogP contribution in [0.5, 0.6) is 5.75 Å². The molecule has 4 nitrogen and oxygen atoms in total. The minimum Gasteiger partial charge on any atom is -0.496 e. The summed E-state index contributed by atoms with van der Waals surface area (Å²) in [5, 5.41) is 3.08. The summed E-state index contributed by atoms with van der Waals surface area (Å²) in [6.45, 7) is 4.23. The smallest absolute Gasteiger partial charge is 0.165 e. The van der Waals surface area contributed by atoms with E-state index in [0.717, 1.165) is 27.3 Å². The summed E-state index contributed by atoms with van der Waals surface area (Å²) in [4.78, 5) is 9.18. The van der Waals surface area contributed by atoms with Crippen LogP contribution in [0.2, 0.25) is 0 Å². The van der Waals surface area contributed by atoms with Crippen molar-refractivity contribution < 1.29 is 4.74 Å². The summed E-state index contributed by atoms with van der Waals surface area (Å²) >= 11 is 3.48. The molecule has 0 saturated carbocycles. The molecule has 0 aliphatic carbocycles. The molecule has 2 rings (SSSR count). The number of hydrogen-bond donors (Lipinski definition) is 1. The fourth-order valence-electron chi connectivity index (χ4n) is 1.87. The second-order valence-electron chi connectivity index (χ2n) is 4.75. The lowest BCUT2D eigenvalue weighted by Crippen LogP contribution is -2.03. The molecular weight excluding hydrogens is 318 g/mol. The Bertz CT molecular complexity index is 614. The molecule has 0 fully saturated rings.